The smallest absolute Gasteiger partial charge is 0.229 e. The van der Waals surface area contributed by atoms with E-state index in [1.807, 2.05) is 0 Å². The fourth-order valence-corrected chi connectivity index (χ4v) is 3.44. The van der Waals surface area contributed by atoms with Crippen LogP contribution in [0.4, 0.5) is 0 Å². The molecule has 0 aliphatic carbocycles. The number of methoxy groups -OCH3 is 1. The van der Waals surface area contributed by atoms with Gasteiger partial charge in [-0.05, 0) is 24.3 Å². The third kappa shape index (κ3) is 5.09. The third-order valence-corrected chi connectivity index (χ3v) is 5.27. The van der Waals surface area contributed by atoms with Gasteiger partial charge in [-0.25, -0.2) is 0 Å². The van der Waals surface area contributed by atoms with Crippen molar-refractivity contribution >= 4 is 0 Å². The van der Waals surface area contributed by atoms with Crippen molar-refractivity contribution in [3.8, 4) is 11.5 Å². The first-order valence-corrected chi connectivity index (χ1v) is 9.69. The molecule has 1 aromatic rings. The summed E-state index contributed by atoms with van der Waals surface area (Å²) in [5.41, 5.74) is 0. The standard InChI is InChI=1S/C19H28O12/c1-27-8-2-4-9(5-3-8)28-18-16(26)14(24)17(11(7-21)30-18)31-19-15(25)13(23)12(22)10(6-20)29-19/h2-5,10-26H,6-7H2,1H3/t10-,11-,12+,13+,14-,15-,16-,17-,18?,19+/m1/s1. The van der Waals surface area contributed by atoms with Gasteiger partial charge in [0.1, 0.15) is 60.3 Å². The molecule has 0 saturated carbocycles. The number of ether oxygens (including phenoxy) is 5. The third-order valence-electron chi connectivity index (χ3n) is 5.27. The molecule has 2 fully saturated rings. The van der Waals surface area contributed by atoms with Crippen LogP contribution in [0.3, 0.4) is 0 Å². The number of benzene rings is 1. The highest BCUT2D eigenvalue weighted by Gasteiger charge is 2.51. The summed E-state index contributed by atoms with van der Waals surface area (Å²) in [6.45, 7) is -1.31. The van der Waals surface area contributed by atoms with E-state index in [-0.39, 0.29) is 0 Å². The zero-order valence-corrected chi connectivity index (χ0v) is 16.7. The highest BCUT2D eigenvalue weighted by Crippen LogP contribution is 2.30. The minimum absolute atomic E-state index is 0.307. The van der Waals surface area contributed by atoms with E-state index >= 15 is 0 Å². The molecule has 2 heterocycles. The molecule has 0 spiro atoms. The lowest BCUT2D eigenvalue weighted by Gasteiger charge is -2.45. The van der Waals surface area contributed by atoms with Crippen molar-refractivity contribution in [2.75, 3.05) is 20.3 Å². The van der Waals surface area contributed by atoms with Crippen LogP contribution in [0.15, 0.2) is 24.3 Å². The van der Waals surface area contributed by atoms with E-state index in [0.717, 1.165) is 0 Å². The quantitative estimate of drug-likeness (QED) is 0.220. The lowest BCUT2D eigenvalue weighted by Crippen LogP contribution is -2.65. The SMILES string of the molecule is COc1ccc(OC2O[C@H](CO)[C@@H](O[C@@H]3O[C@H](CO)[C@H](O)[C@H](O)[C@H]3O)[C@H](O)[C@H]2O)cc1. The molecule has 2 aliphatic heterocycles. The molecule has 2 aliphatic rings. The van der Waals surface area contributed by atoms with Gasteiger partial charge in [-0.1, -0.05) is 0 Å². The number of aliphatic hydroxyl groups is 7. The van der Waals surface area contributed by atoms with E-state index < -0.39 is 74.6 Å². The summed E-state index contributed by atoms with van der Waals surface area (Å²) in [5, 5.41) is 69.9. The van der Waals surface area contributed by atoms with Crippen LogP contribution in [0, 0.1) is 0 Å². The highest BCUT2D eigenvalue weighted by molar-refractivity contribution is 5.31. The van der Waals surface area contributed by atoms with Crippen LogP contribution in [0.1, 0.15) is 0 Å². The van der Waals surface area contributed by atoms with E-state index in [4.69, 9.17) is 23.7 Å². The van der Waals surface area contributed by atoms with Gasteiger partial charge in [-0.15, -0.1) is 0 Å². The molecule has 176 valence electrons. The molecule has 1 unspecified atom stereocenters. The van der Waals surface area contributed by atoms with Gasteiger partial charge in [-0.3, -0.25) is 0 Å². The summed E-state index contributed by atoms with van der Waals surface area (Å²) < 4.78 is 26.9. The lowest BCUT2D eigenvalue weighted by atomic mass is 9.97. The van der Waals surface area contributed by atoms with Gasteiger partial charge >= 0.3 is 0 Å². The van der Waals surface area contributed by atoms with E-state index in [0.29, 0.717) is 11.5 Å². The van der Waals surface area contributed by atoms with Gasteiger partial charge in [0, 0.05) is 0 Å². The molecule has 31 heavy (non-hydrogen) atoms. The van der Waals surface area contributed by atoms with Crippen LogP contribution in [0.25, 0.3) is 0 Å². The second-order valence-electron chi connectivity index (χ2n) is 7.30. The second-order valence-corrected chi connectivity index (χ2v) is 7.30. The minimum atomic E-state index is -1.73. The van der Waals surface area contributed by atoms with Crippen molar-refractivity contribution in [1.29, 1.82) is 0 Å². The van der Waals surface area contributed by atoms with Crippen molar-refractivity contribution in [1.82, 2.24) is 0 Å². The molecule has 0 radical (unpaired) electrons. The molecule has 12 heteroatoms. The maximum absolute atomic E-state index is 10.6. The average Bonchev–Trinajstić information content (AvgIpc) is 2.79. The Morgan fingerprint density at radius 3 is 1.84 bits per heavy atom. The first-order valence-electron chi connectivity index (χ1n) is 9.69. The van der Waals surface area contributed by atoms with Crippen LogP contribution >= 0.6 is 0 Å². The Labute approximate surface area is 177 Å². The van der Waals surface area contributed by atoms with Crippen LogP contribution < -0.4 is 9.47 Å². The minimum Gasteiger partial charge on any atom is -0.497 e. The molecular weight excluding hydrogens is 420 g/mol. The number of hydrogen-bond donors (Lipinski definition) is 7. The molecule has 0 bridgehead atoms. The Hall–Kier alpha value is -1.58. The second kappa shape index (κ2) is 10.4. The van der Waals surface area contributed by atoms with Crippen molar-refractivity contribution in [2.24, 2.45) is 0 Å². The Kier molecular flexibility index (Phi) is 8.04. The predicted octanol–water partition coefficient (Wildman–Crippen LogP) is -3.30. The number of rotatable bonds is 7. The maximum Gasteiger partial charge on any atom is 0.229 e. The topological polar surface area (TPSA) is 188 Å². The number of aliphatic hydroxyl groups excluding tert-OH is 7. The van der Waals surface area contributed by atoms with E-state index in [1.54, 1.807) is 24.3 Å². The Morgan fingerprint density at radius 1 is 0.710 bits per heavy atom. The van der Waals surface area contributed by atoms with E-state index in [9.17, 15) is 35.7 Å². The molecule has 2 saturated heterocycles. The summed E-state index contributed by atoms with van der Waals surface area (Å²) in [5.74, 6) is 0.890. The van der Waals surface area contributed by atoms with Crippen LogP contribution in [-0.4, -0.2) is 117 Å². The first kappa shape index (κ1) is 24.1. The highest BCUT2D eigenvalue weighted by atomic mass is 16.7. The maximum atomic E-state index is 10.6. The first-order chi connectivity index (χ1) is 14.8. The van der Waals surface area contributed by atoms with Crippen LogP contribution in [0.5, 0.6) is 11.5 Å². The molecule has 0 aromatic heterocycles. The molecular formula is C19H28O12. The zero-order chi connectivity index (χ0) is 22.7. The Bertz CT molecular complexity index is 683. The van der Waals surface area contributed by atoms with Gasteiger partial charge < -0.3 is 59.4 Å². The molecule has 3 rings (SSSR count). The van der Waals surface area contributed by atoms with Crippen molar-refractivity contribution in [3.05, 3.63) is 24.3 Å². The van der Waals surface area contributed by atoms with Gasteiger partial charge in [0.2, 0.25) is 6.29 Å². The van der Waals surface area contributed by atoms with E-state index in [1.165, 1.54) is 7.11 Å². The summed E-state index contributed by atoms with van der Waals surface area (Å²) in [6, 6.07) is 6.36. The Balaban J connectivity index is 1.70. The van der Waals surface area contributed by atoms with Crippen molar-refractivity contribution < 1.29 is 59.4 Å². The Morgan fingerprint density at radius 2 is 1.26 bits per heavy atom. The zero-order valence-electron chi connectivity index (χ0n) is 16.7. The lowest BCUT2D eigenvalue weighted by molar-refractivity contribution is -0.352. The van der Waals surface area contributed by atoms with Crippen LogP contribution in [-0.2, 0) is 14.2 Å². The predicted molar refractivity (Wildman–Crippen MR) is 100 cm³/mol. The molecule has 0 amide bonds. The van der Waals surface area contributed by atoms with Gasteiger partial charge in [-0.2, -0.15) is 0 Å². The van der Waals surface area contributed by atoms with Gasteiger partial charge in [0.25, 0.3) is 0 Å². The van der Waals surface area contributed by atoms with E-state index in [2.05, 4.69) is 0 Å². The van der Waals surface area contributed by atoms with Gasteiger partial charge in [0.15, 0.2) is 6.29 Å². The molecule has 10 atom stereocenters. The molecule has 7 N–H and O–H groups in total. The molecule has 12 nitrogen and oxygen atoms in total. The largest absolute Gasteiger partial charge is 0.497 e. The molecule has 1 aromatic carbocycles. The van der Waals surface area contributed by atoms with Crippen molar-refractivity contribution in [2.45, 2.75) is 61.4 Å². The normalized spacial score (nSPS) is 41.0. The average molecular weight is 448 g/mol. The van der Waals surface area contributed by atoms with Crippen LogP contribution in [0.2, 0.25) is 0 Å². The summed E-state index contributed by atoms with van der Waals surface area (Å²) in [6.07, 6.45) is -15.0. The number of hydrogen-bond acceptors (Lipinski definition) is 12. The summed E-state index contributed by atoms with van der Waals surface area (Å²) >= 11 is 0. The summed E-state index contributed by atoms with van der Waals surface area (Å²) in [4.78, 5) is 0. The van der Waals surface area contributed by atoms with Crippen molar-refractivity contribution in [3.63, 3.8) is 0 Å². The fraction of sp³-hybridized carbons (Fsp3) is 0.684. The monoisotopic (exact) mass is 448 g/mol. The summed E-state index contributed by atoms with van der Waals surface area (Å²) in [7, 11) is 1.50. The van der Waals surface area contributed by atoms with Gasteiger partial charge in [0.05, 0.1) is 20.3 Å². The fourth-order valence-electron chi connectivity index (χ4n) is 3.44.